The summed E-state index contributed by atoms with van der Waals surface area (Å²) in [5.74, 6) is -0.496. The highest BCUT2D eigenvalue weighted by Gasteiger charge is 2.21. The standard InChI is InChI=1S/C11H22O3/c1-4-6-7-8-14-11(13)10(12)9(3)5-2/h9-10,12H,4-8H2,1-3H3. The maximum atomic E-state index is 11.2. The number of unbranched alkanes of at least 4 members (excludes halogenated alkanes) is 2. The van der Waals surface area contributed by atoms with Crippen LogP contribution in [0.3, 0.4) is 0 Å². The van der Waals surface area contributed by atoms with E-state index >= 15 is 0 Å². The molecule has 0 heterocycles. The van der Waals surface area contributed by atoms with Crippen LogP contribution in [0.4, 0.5) is 0 Å². The van der Waals surface area contributed by atoms with E-state index < -0.39 is 12.1 Å². The Morgan fingerprint density at radius 2 is 2.00 bits per heavy atom. The molecular formula is C11H22O3. The molecule has 0 aromatic heterocycles. The second kappa shape index (κ2) is 7.80. The molecule has 0 saturated heterocycles. The summed E-state index contributed by atoms with van der Waals surface area (Å²) in [6, 6.07) is 0. The molecule has 2 atom stereocenters. The second-order valence-electron chi connectivity index (χ2n) is 3.70. The van der Waals surface area contributed by atoms with Crippen molar-refractivity contribution in [2.75, 3.05) is 6.61 Å². The van der Waals surface area contributed by atoms with Crippen molar-refractivity contribution in [1.29, 1.82) is 0 Å². The first kappa shape index (κ1) is 13.4. The Bertz CT molecular complexity index is 157. The van der Waals surface area contributed by atoms with Crippen molar-refractivity contribution in [2.45, 2.75) is 52.6 Å². The molecule has 3 heteroatoms. The van der Waals surface area contributed by atoms with Crippen LogP contribution in [0.2, 0.25) is 0 Å². The van der Waals surface area contributed by atoms with Gasteiger partial charge >= 0.3 is 5.97 Å². The third-order valence-corrected chi connectivity index (χ3v) is 2.42. The molecule has 0 aliphatic rings. The van der Waals surface area contributed by atoms with Crippen LogP contribution in [0.5, 0.6) is 0 Å². The smallest absolute Gasteiger partial charge is 0.335 e. The quantitative estimate of drug-likeness (QED) is 0.508. The number of rotatable bonds is 7. The van der Waals surface area contributed by atoms with E-state index in [1.165, 1.54) is 0 Å². The van der Waals surface area contributed by atoms with Crippen molar-refractivity contribution < 1.29 is 14.6 Å². The van der Waals surface area contributed by atoms with Gasteiger partial charge in [0.15, 0.2) is 6.10 Å². The van der Waals surface area contributed by atoms with Gasteiger partial charge in [-0.1, -0.05) is 40.0 Å². The van der Waals surface area contributed by atoms with Gasteiger partial charge in [-0.25, -0.2) is 4.79 Å². The minimum Gasteiger partial charge on any atom is -0.464 e. The molecule has 0 bridgehead atoms. The fraction of sp³-hybridized carbons (Fsp3) is 0.909. The third kappa shape index (κ3) is 5.22. The lowest BCUT2D eigenvalue weighted by molar-refractivity contribution is -0.156. The molecule has 84 valence electrons. The van der Waals surface area contributed by atoms with Gasteiger partial charge in [0.2, 0.25) is 0 Å². The van der Waals surface area contributed by atoms with Gasteiger partial charge in [-0.2, -0.15) is 0 Å². The van der Waals surface area contributed by atoms with E-state index in [1.54, 1.807) is 0 Å². The number of hydrogen-bond donors (Lipinski definition) is 1. The van der Waals surface area contributed by atoms with Crippen LogP contribution >= 0.6 is 0 Å². The van der Waals surface area contributed by atoms with E-state index in [9.17, 15) is 9.90 Å². The Kier molecular flexibility index (Phi) is 7.48. The van der Waals surface area contributed by atoms with Gasteiger partial charge in [-0.3, -0.25) is 0 Å². The first-order valence-electron chi connectivity index (χ1n) is 5.48. The molecule has 0 aliphatic heterocycles. The molecule has 0 aromatic carbocycles. The highest BCUT2D eigenvalue weighted by molar-refractivity contribution is 5.74. The van der Waals surface area contributed by atoms with Crippen molar-refractivity contribution in [3.8, 4) is 0 Å². The molecule has 0 saturated carbocycles. The molecule has 0 radical (unpaired) electrons. The van der Waals surface area contributed by atoms with Crippen LogP contribution in [0.25, 0.3) is 0 Å². The Balaban J connectivity index is 3.62. The Morgan fingerprint density at radius 1 is 1.36 bits per heavy atom. The summed E-state index contributed by atoms with van der Waals surface area (Å²) < 4.78 is 4.94. The molecule has 0 aliphatic carbocycles. The third-order valence-electron chi connectivity index (χ3n) is 2.42. The zero-order valence-electron chi connectivity index (χ0n) is 9.45. The maximum Gasteiger partial charge on any atom is 0.335 e. The first-order chi connectivity index (χ1) is 6.63. The van der Waals surface area contributed by atoms with Crippen LogP contribution in [-0.4, -0.2) is 23.8 Å². The van der Waals surface area contributed by atoms with Crippen LogP contribution in [-0.2, 0) is 9.53 Å². The molecule has 0 rings (SSSR count). The number of aliphatic hydroxyl groups is 1. The van der Waals surface area contributed by atoms with Crippen LogP contribution < -0.4 is 0 Å². The van der Waals surface area contributed by atoms with Crippen molar-refractivity contribution in [1.82, 2.24) is 0 Å². The summed E-state index contributed by atoms with van der Waals surface area (Å²) in [5.41, 5.74) is 0. The molecule has 2 unspecified atom stereocenters. The van der Waals surface area contributed by atoms with Crippen LogP contribution in [0, 0.1) is 5.92 Å². The summed E-state index contributed by atoms with van der Waals surface area (Å²) in [7, 11) is 0. The number of aliphatic hydroxyl groups excluding tert-OH is 1. The lowest BCUT2D eigenvalue weighted by Gasteiger charge is -2.15. The Labute approximate surface area is 86.5 Å². The van der Waals surface area contributed by atoms with Gasteiger partial charge in [-0.05, 0) is 12.3 Å². The van der Waals surface area contributed by atoms with Gasteiger partial charge in [0, 0.05) is 0 Å². The van der Waals surface area contributed by atoms with E-state index in [2.05, 4.69) is 6.92 Å². The SMILES string of the molecule is CCCCCOC(=O)C(O)C(C)CC. The van der Waals surface area contributed by atoms with Crippen LogP contribution in [0.15, 0.2) is 0 Å². The van der Waals surface area contributed by atoms with E-state index in [4.69, 9.17) is 4.74 Å². The Morgan fingerprint density at radius 3 is 2.50 bits per heavy atom. The number of ether oxygens (including phenoxy) is 1. The lowest BCUT2D eigenvalue weighted by Crippen LogP contribution is -2.29. The fourth-order valence-corrected chi connectivity index (χ4v) is 1.07. The largest absolute Gasteiger partial charge is 0.464 e. The Hall–Kier alpha value is -0.570. The number of carbonyl (C=O) groups is 1. The second-order valence-corrected chi connectivity index (χ2v) is 3.70. The predicted octanol–water partition coefficient (Wildman–Crippen LogP) is 2.13. The number of hydrogen-bond acceptors (Lipinski definition) is 3. The first-order valence-corrected chi connectivity index (χ1v) is 5.48. The van der Waals surface area contributed by atoms with E-state index in [0.717, 1.165) is 25.7 Å². The minimum atomic E-state index is -0.957. The van der Waals surface area contributed by atoms with Gasteiger partial charge < -0.3 is 9.84 Å². The number of carbonyl (C=O) groups excluding carboxylic acids is 1. The van der Waals surface area contributed by atoms with Gasteiger partial charge in [0.05, 0.1) is 6.61 Å². The average Bonchev–Trinajstić information content (AvgIpc) is 2.21. The maximum absolute atomic E-state index is 11.2. The molecule has 0 amide bonds. The van der Waals surface area contributed by atoms with Crippen molar-refractivity contribution in [3.63, 3.8) is 0 Å². The predicted molar refractivity (Wildman–Crippen MR) is 55.9 cm³/mol. The molecule has 3 nitrogen and oxygen atoms in total. The van der Waals surface area contributed by atoms with E-state index in [-0.39, 0.29) is 5.92 Å². The molecule has 0 aromatic rings. The molecule has 0 spiro atoms. The average molecular weight is 202 g/mol. The molecule has 1 N–H and O–H groups in total. The van der Waals surface area contributed by atoms with E-state index in [0.29, 0.717) is 6.61 Å². The van der Waals surface area contributed by atoms with Crippen molar-refractivity contribution in [2.24, 2.45) is 5.92 Å². The van der Waals surface area contributed by atoms with Crippen LogP contribution in [0.1, 0.15) is 46.5 Å². The fourth-order valence-electron chi connectivity index (χ4n) is 1.07. The topological polar surface area (TPSA) is 46.5 Å². The zero-order chi connectivity index (χ0) is 11.0. The molecular weight excluding hydrogens is 180 g/mol. The summed E-state index contributed by atoms with van der Waals surface area (Å²) in [6.45, 7) is 6.31. The summed E-state index contributed by atoms with van der Waals surface area (Å²) in [5, 5.41) is 9.47. The van der Waals surface area contributed by atoms with E-state index in [1.807, 2.05) is 13.8 Å². The van der Waals surface area contributed by atoms with Crippen molar-refractivity contribution in [3.05, 3.63) is 0 Å². The van der Waals surface area contributed by atoms with Gasteiger partial charge in [0.1, 0.15) is 0 Å². The number of esters is 1. The summed E-state index contributed by atoms with van der Waals surface area (Å²) >= 11 is 0. The highest BCUT2D eigenvalue weighted by Crippen LogP contribution is 2.09. The molecule has 14 heavy (non-hydrogen) atoms. The van der Waals surface area contributed by atoms with Gasteiger partial charge in [0.25, 0.3) is 0 Å². The summed E-state index contributed by atoms with van der Waals surface area (Å²) in [4.78, 5) is 11.2. The zero-order valence-corrected chi connectivity index (χ0v) is 9.45. The normalized spacial score (nSPS) is 14.9. The monoisotopic (exact) mass is 202 g/mol. The van der Waals surface area contributed by atoms with Crippen molar-refractivity contribution >= 4 is 5.97 Å². The van der Waals surface area contributed by atoms with Gasteiger partial charge in [-0.15, -0.1) is 0 Å². The summed E-state index contributed by atoms with van der Waals surface area (Å²) in [6.07, 6.45) is 2.88. The highest BCUT2D eigenvalue weighted by atomic mass is 16.5. The molecule has 0 fully saturated rings. The minimum absolute atomic E-state index is 0.0197. The lowest BCUT2D eigenvalue weighted by atomic mass is 10.0.